The molecule has 2 amide bonds. The fourth-order valence-corrected chi connectivity index (χ4v) is 7.16. The van der Waals surface area contributed by atoms with Gasteiger partial charge in [0.15, 0.2) is 24.8 Å². The molecule has 0 N–H and O–H groups in total. The first-order valence-corrected chi connectivity index (χ1v) is 17.4. The molecule has 0 radical (unpaired) electrons. The van der Waals surface area contributed by atoms with Gasteiger partial charge in [-0.25, -0.2) is 19.2 Å². The number of piperidine rings is 1. The standard InChI is InChI=1S/C38H44N2O11/c1-37(2,3)50-35(45)39-15-7-8-27(39)33(43)47-19-28(41)21-10-13-25-26-14-11-22(18-31(26)49-30(25)17-21)29(42)20-48-34(44)32-23-9-12-24(16-23)40(32)36(46)51-38(4,5)6/h10-11,13-14,17-18,23-24,27,32H,7-9,12,15-16,19-20H2,1-6H3. The van der Waals surface area contributed by atoms with Crippen molar-refractivity contribution in [3.8, 4) is 0 Å². The third kappa shape index (κ3) is 7.72. The Kier molecular flexibility index (Phi) is 9.60. The van der Waals surface area contributed by atoms with Crippen LogP contribution >= 0.6 is 0 Å². The molecule has 2 bridgehead atoms. The van der Waals surface area contributed by atoms with Crippen LogP contribution in [0.5, 0.6) is 0 Å². The lowest BCUT2D eigenvalue weighted by Crippen LogP contribution is -2.51. The Labute approximate surface area is 295 Å². The third-order valence-corrected chi connectivity index (χ3v) is 9.39. The van der Waals surface area contributed by atoms with Gasteiger partial charge in [-0.15, -0.1) is 0 Å². The molecular formula is C38H44N2O11. The van der Waals surface area contributed by atoms with E-state index in [1.54, 1.807) is 77.9 Å². The molecule has 1 aromatic heterocycles. The van der Waals surface area contributed by atoms with Crippen molar-refractivity contribution >= 4 is 57.6 Å². The zero-order chi connectivity index (χ0) is 36.8. The number of carbonyl (C=O) groups excluding carboxylic acids is 6. The number of carbonyl (C=O) groups is 6. The number of ketones is 2. The lowest BCUT2D eigenvalue weighted by Gasteiger charge is -2.35. The highest BCUT2D eigenvalue weighted by atomic mass is 16.6. The van der Waals surface area contributed by atoms with Crippen molar-refractivity contribution in [2.24, 2.45) is 5.92 Å². The maximum atomic E-state index is 13.2. The molecule has 3 heterocycles. The first-order chi connectivity index (χ1) is 24.0. The summed E-state index contributed by atoms with van der Waals surface area (Å²) in [5.74, 6) is -2.23. The number of nitrogens with zero attached hydrogens (tertiary/aromatic N) is 2. The van der Waals surface area contributed by atoms with Crippen molar-refractivity contribution in [3.05, 3.63) is 47.5 Å². The number of amides is 2. The van der Waals surface area contributed by atoms with Crippen LogP contribution in [0.3, 0.4) is 0 Å². The number of benzene rings is 2. The van der Waals surface area contributed by atoms with Gasteiger partial charge in [-0.05, 0) is 104 Å². The monoisotopic (exact) mass is 704 g/mol. The van der Waals surface area contributed by atoms with Gasteiger partial charge in [0.2, 0.25) is 0 Å². The Bertz CT molecular complexity index is 1900. The fourth-order valence-electron chi connectivity index (χ4n) is 7.16. The molecule has 13 heteroatoms. The Morgan fingerprint density at radius 1 is 0.725 bits per heavy atom. The molecule has 1 saturated carbocycles. The Morgan fingerprint density at radius 2 is 1.27 bits per heavy atom. The molecule has 3 aliphatic rings. The minimum atomic E-state index is -0.823. The van der Waals surface area contributed by atoms with Crippen molar-refractivity contribution < 1.29 is 52.1 Å². The normalized spacial score (nSPS) is 21.6. The van der Waals surface area contributed by atoms with Crippen molar-refractivity contribution in [1.29, 1.82) is 0 Å². The second kappa shape index (κ2) is 13.6. The summed E-state index contributed by atoms with van der Waals surface area (Å²) in [5.41, 5.74) is -0.118. The van der Waals surface area contributed by atoms with Gasteiger partial charge in [-0.1, -0.05) is 12.1 Å². The van der Waals surface area contributed by atoms with Crippen LogP contribution in [0.4, 0.5) is 9.59 Å². The second-order valence-electron chi connectivity index (χ2n) is 15.5. The first kappa shape index (κ1) is 35.9. The van der Waals surface area contributed by atoms with Gasteiger partial charge in [0.1, 0.15) is 34.5 Å². The summed E-state index contributed by atoms with van der Waals surface area (Å²) in [6.45, 7) is 9.87. The second-order valence-corrected chi connectivity index (χ2v) is 15.5. The number of rotatable bonds is 8. The summed E-state index contributed by atoms with van der Waals surface area (Å²) in [6.07, 6.45) is 2.17. The molecule has 2 saturated heterocycles. The molecule has 3 aromatic rings. The van der Waals surface area contributed by atoms with Crippen LogP contribution < -0.4 is 0 Å². The summed E-state index contributed by atoms with van der Waals surface area (Å²) in [6, 6.07) is 8.04. The van der Waals surface area contributed by atoms with Crippen LogP contribution in [0.25, 0.3) is 21.9 Å². The highest BCUT2D eigenvalue weighted by Crippen LogP contribution is 2.43. The maximum absolute atomic E-state index is 13.2. The summed E-state index contributed by atoms with van der Waals surface area (Å²) in [7, 11) is 0. The zero-order valence-electron chi connectivity index (χ0n) is 29.8. The van der Waals surface area contributed by atoms with E-state index in [2.05, 4.69) is 0 Å². The molecule has 51 heavy (non-hydrogen) atoms. The number of fused-ring (bicyclic) bond motifs is 5. The molecule has 0 spiro atoms. The van der Waals surface area contributed by atoms with E-state index in [0.717, 1.165) is 12.8 Å². The number of ether oxygens (including phenoxy) is 4. The van der Waals surface area contributed by atoms with Crippen LogP contribution in [-0.2, 0) is 28.5 Å². The van der Waals surface area contributed by atoms with E-state index in [1.165, 1.54) is 9.80 Å². The van der Waals surface area contributed by atoms with Crippen LogP contribution in [-0.4, -0.2) is 94.6 Å². The minimum Gasteiger partial charge on any atom is -0.456 e. The summed E-state index contributed by atoms with van der Waals surface area (Å²) >= 11 is 0. The summed E-state index contributed by atoms with van der Waals surface area (Å²) < 4.78 is 27.7. The van der Waals surface area contributed by atoms with Gasteiger partial charge in [-0.3, -0.25) is 19.4 Å². The average Bonchev–Trinajstić information content (AvgIpc) is 3.86. The molecule has 2 aromatic carbocycles. The quantitative estimate of drug-likeness (QED) is 0.149. The van der Waals surface area contributed by atoms with Crippen LogP contribution in [0.2, 0.25) is 0 Å². The molecule has 1 aliphatic carbocycles. The van der Waals surface area contributed by atoms with Gasteiger partial charge in [0.05, 0.1) is 0 Å². The summed E-state index contributed by atoms with van der Waals surface area (Å²) in [5, 5.41) is 1.42. The maximum Gasteiger partial charge on any atom is 0.411 e. The lowest BCUT2D eigenvalue weighted by molar-refractivity contribution is -0.150. The molecule has 2 aliphatic heterocycles. The third-order valence-electron chi connectivity index (χ3n) is 9.39. The smallest absolute Gasteiger partial charge is 0.411 e. The molecule has 4 unspecified atom stereocenters. The highest BCUT2D eigenvalue weighted by Gasteiger charge is 2.53. The van der Waals surface area contributed by atoms with Gasteiger partial charge in [0, 0.05) is 34.5 Å². The van der Waals surface area contributed by atoms with Crippen molar-refractivity contribution in [2.45, 2.75) is 103 Å². The topological polar surface area (TPSA) is 159 Å². The number of Topliss-reactive ketones (excluding diaryl/α,β-unsaturated/α-hetero) is 2. The first-order valence-electron chi connectivity index (χ1n) is 17.4. The van der Waals surface area contributed by atoms with Crippen molar-refractivity contribution in [1.82, 2.24) is 9.80 Å². The fraction of sp³-hybridized carbons (Fsp3) is 0.526. The van der Waals surface area contributed by atoms with Crippen molar-refractivity contribution in [2.75, 3.05) is 19.8 Å². The number of esters is 2. The molecule has 4 atom stereocenters. The van der Waals surface area contributed by atoms with E-state index in [0.29, 0.717) is 47.7 Å². The number of hydrogen-bond acceptors (Lipinski definition) is 11. The number of hydrogen-bond donors (Lipinski definition) is 0. The number of likely N-dealkylation sites (tertiary alicyclic amines) is 2. The average molecular weight is 705 g/mol. The van der Waals surface area contributed by atoms with Crippen LogP contribution in [0, 0.1) is 5.92 Å². The molecule has 13 nitrogen and oxygen atoms in total. The van der Waals surface area contributed by atoms with Gasteiger partial charge in [-0.2, -0.15) is 0 Å². The largest absolute Gasteiger partial charge is 0.456 e. The SMILES string of the molecule is CC(C)(C)OC(=O)N1CCCC1C(=O)OCC(=O)c1ccc2c(c1)oc1cc(C(=O)COC(=O)C3C4CCC(C4)N3C(=O)OC(C)(C)C)ccc12. The van der Waals surface area contributed by atoms with E-state index in [1.807, 2.05) is 0 Å². The van der Waals surface area contributed by atoms with E-state index in [9.17, 15) is 28.8 Å². The molecule has 3 fully saturated rings. The van der Waals surface area contributed by atoms with Gasteiger partial charge >= 0.3 is 24.1 Å². The zero-order valence-corrected chi connectivity index (χ0v) is 29.8. The Balaban J connectivity index is 1.07. The minimum absolute atomic E-state index is 0.0392. The van der Waals surface area contributed by atoms with Crippen molar-refractivity contribution in [3.63, 3.8) is 0 Å². The molecular weight excluding hydrogens is 660 g/mol. The van der Waals surface area contributed by atoms with Gasteiger partial charge < -0.3 is 23.4 Å². The predicted molar refractivity (Wildman–Crippen MR) is 183 cm³/mol. The van der Waals surface area contributed by atoms with Crippen LogP contribution in [0.1, 0.15) is 94.4 Å². The van der Waals surface area contributed by atoms with E-state index in [-0.39, 0.29) is 23.1 Å². The molecule has 272 valence electrons. The number of furan rings is 1. The van der Waals surface area contributed by atoms with E-state index < -0.39 is 72.2 Å². The van der Waals surface area contributed by atoms with E-state index in [4.69, 9.17) is 23.4 Å². The predicted octanol–water partition coefficient (Wildman–Crippen LogP) is 6.23. The Morgan fingerprint density at radius 3 is 1.84 bits per heavy atom. The molecule has 6 rings (SSSR count). The lowest BCUT2D eigenvalue weighted by atomic mass is 9.99. The Hall–Kier alpha value is -4.94. The van der Waals surface area contributed by atoms with Gasteiger partial charge in [0.25, 0.3) is 0 Å². The van der Waals surface area contributed by atoms with Crippen LogP contribution in [0.15, 0.2) is 40.8 Å². The summed E-state index contributed by atoms with van der Waals surface area (Å²) in [4.78, 5) is 80.4. The highest BCUT2D eigenvalue weighted by molar-refractivity contribution is 6.10. The van der Waals surface area contributed by atoms with E-state index >= 15 is 0 Å².